The van der Waals surface area contributed by atoms with Gasteiger partial charge in [0.25, 0.3) is 0 Å². The highest BCUT2D eigenvalue weighted by atomic mass is 16.7. The number of ether oxygens (including phenoxy) is 4. The van der Waals surface area contributed by atoms with Crippen LogP contribution in [0.25, 0.3) is 0 Å². The summed E-state index contributed by atoms with van der Waals surface area (Å²) in [5.74, 6) is 4.56. The molecular weight excluding hydrogens is 328 g/mol. The summed E-state index contributed by atoms with van der Waals surface area (Å²) >= 11 is 0. The van der Waals surface area contributed by atoms with E-state index in [1.807, 2.05) is 0 Å². The van der Waals surface area contributed by atoms with Gasteiger partial charge in [0.1, 0.15) is 0 Å². The van der Waals surface area contributed by atoms with Crippen molar-refractivity contribution in [3.05, 3.63) is 12.2 Å². The summed E-state index contributed by atoms with van der Waals surface area (Å²) in [4.78, 5) is 0. The minimum absolute atomic E-state index is 0.0148. The molecule has 4 nitrogen and oxygen atoms in total. The molecule has 4 bridgehead atoms. The molecule has 26 heavy (non-hydrogen) atoms. The van der Waals surface area contributed by atoms with Crippen molar-refractivity contribution in [1.29, 1.82) is 0 Å². The monoisotopic (exact) mass is 360 g/mol. The summed E-state index contributed by atoms with van der Waals surface area (Å²) in [7, 11) is 0. The van der Waals surface area contributed by atoms with Crippen LogP contribution in [-0.2, 0) is 18.9 Å². The molecule has 5 fully saturated rings. The average molecular weight is 360 g/mol. The Balaban J connectivity index is 1.23. The van der Waals surface area contributed by atoms with Crippen LogP contribution in [0.1, 0.15) is 51.4 Å². The molecule has 0 aromatic carbocycles. The SMILES string of the molecule is C1=CC2CC1C1C3CC(C(OC4CCCCO4)C3OC3CCCCO3)C21. The van der Waals surface area contributed by atoms with Crippen LogP contribution in [0.4, 0.5) is 0 Å². The molecule has 2 heterocycles. The van der Waals surface area contributed by atoms with Gasteiger partial charge in [-0.3, -0.25) is 0 Å². The topological polar surface area (TPSA) is 36.9 Å². The predicted octanol–water partition coefficient (Wildman–Crippen LogP) is 3.90. The largest absolute Gasteiger partial charge is 0.353 e. The number of hydrogen-bond acceptors (Lipinski definition) is 4. The van der Waals surface area contributed by atoms with Crippen LogP contribution in [0, 0.1) is 35.5 Å². The molecule has 0 aromatic heterocycles. The van der Waals surface area contributed by atoms with Gasteiger partial charge in [-0.05, 0) is 86.9 Å². The molecule has 144 valence electrons. The Labute approximate surface area is 156 Å². The molecule has 0 radical (unpaired) electrons. The maximum absolute atomic E-state index is 6.63. The molecule has 3 saturated carbocycles. The number of allylic oxidation sites excluding steroid dienone is 2. The highest BCUT2D eigenvalue weighted by Crippen LogP contribution is 2.66. The molecule has 10 atom stereocenters. The van der Waals surface area contributed by atoms with Gasteiger partial charge in [-0.1, -0.05) is 12.2 Å². The third kappa shape index (κ3) is 2.56. The molecule has 0 amide bonds. The van der Waals surface area contributed by atoms with Crippen molar-refractivity contribution >= 4 is 0 Å². The molecule has 2 saturated heterocycles. The fourth-order valence-corrected chi connectivity index (χ4v) is 7.27. The summed E-state index contributed by atoms with van der Waals surface area (Å²) in [6.45, 7) is 1.70. The first-order valence-corrected chi connectivity index (χ1v) is 11.1. The minimum atomic E-state index is -0.0148. The van der Waals surface area contributed by atoms with Crippen LogP contribution in [0.15, 0.2) is 12.2 Å². The molecule has 4 heteroatoms. The molecule has 0 aromatic rings. The fraction of sp³-hybridized carbons (Fsp3) is 0.909. The Morgan fingerprint density at radius 1 is 0.654 bits per heavy atom. The smallest absolute Gasteiger partial charge is 0.158 e. The van der Waals surface area contributed by atoms with Gasteiger partial charge in [0, 0.05) is 13.2 Å². The zero-order valence-corrected chi connectivity index (χ0v) is 15.6. The second-order valence-electron chi connectivity index (χ2n) is 9.46. The van der Waals surface area contributed by atoms with Crippen molar-refractivity contribution in [2.45, 2.75) is 76.2 Å². The molecule has 0 spiro atoms. The number of rotatable bonds is 4. The molecule has 4 aliphatic carbocycles. The van der Waals surface area contributed by atoms with Gasteiger partial charge in [0.2, 0.25) is 0 Å². The molecular formula is C22H32O4. The van der Waals surface area contributed by atoms with E-state index in [9.17, 15) is 0 Å². The van der Waals surface area contributed by atoms with Crippen LogP contribution < -0.4 is 0 Å². The van der Waals surface area contributed by atoms with Gasteiger partial charge in [0.15, 0.2) is 12.6 Å². The zero-order valence-electron chi connectivity index (χ0n) is 15.6. The van der Waals surface area contributed by atoms with Gasteiger partial charge in [0.05, 0.1) is 12.2 Å². The lowest BCUT2D eigenvalue weighted by Crippen LogP contribution is -2.49. The van der Waals surface area contributed by atoms with E-state index in [1.54, 1.807) is 0 Å². The normalized spacial score (nSPS) is 54.8. The van der Waals surface area contributed by atoms with Crippen molar-refractivity contribution in [3.8, 4) is 0 Å². The quantitative estimate of drug-likeness (QED) is 0.563. The van der Waals surface area contributed by atoms with Crippen molar-refractivity contribution < 1.29 is 18.9 Å². The van der Waals surface area contributed by atoms with Crippen LogP contribution in [-0.4, -0.2) is 38.0 Å². The third-order valence-corrected chi connectivity index (χ3v) is 8.18. The van der Waals surface area contributed by atoms with Crippen molar-refractivity contribution in [3.63, 3.8) is 0 Å². The average Bonchev–Trinajstić information content (AvgIpc) is 3.44. The predicted molar refractivity (Wildman–Crippen MR) is 96.2 cm³/mol. The Morgan fingerprint density at radius 3 is 1.65 bits per heavy atom. The lowest BCUT2D eigenvalue weighted by atomic mass is 9.71. The van der Waals surface area contributed by atoms with E-state index in [4.69, 9.17) is 18.9 Å². The number of fused-ring (bicyclic) bond motifs is 9. The van der Waals surface area contributed by atoms with E-state index >= 15 is 0 Å². The van der Waals surface area contributed by atoms with Crippen LogP contribution in [0.5, 0.6) is 0 Å². The first kappa shape index (κ1) is 16.5. The van der Waals surface area contributed by atoms with Crippen LogP contribution in [0.3, 0.4) is 0 Å². The first-order valence-electron chi connectivity index (χ1n) is 11.1. The van der Waals surface area contributed by atoms with E-state index in [1.165, 1.54) is 38.5 Å². The van der Waals surface area contributed by atoms with Crippen molar-refractivity contribution in [2.24, 2.45) is 35.5 Å². The summed E-state index contributed by atoms with van der Waals surface area (Å²) in [6, 6.07) is 0. The maximum atomic E-state index is 6.63. The van der Waals surface area contributed by atoms with Gasteiger partial charge >= 0.3 is 0 Å². The van der Waals surface area contributed by atoms with E-state index in [-0.39, 0.29) is 24.8 Å². The first-order chi connectivity index (χ1) is 12.9. The Bertz CT molecular complexity index is 504. The van der Waals surface area contributed by atoms with E-state index < -0.39 is 0 Å². The van der Waals surface area contributed by atoms with Gasteiger partial charge in [-0.15, -0.1) is 0 Å². The highest BCUT2D eigenvalue weighted by molar-refractivity contribution is 5.23. The second kappa shape index (κ2) is 6.58. The highest BCUT2D eigenvalue weighted by Gasteiger charge is 2.66. The number of hydrogen-bond donors (Lipinski definition) is 0. The van der Waals surface area contributed by atoms with Gasteiger partial charge < -0.3 is 18.9 Å². The molecule has 10 unspecified atom stereocenters. The summed E-state index contributed by atoms with van der Waals surface area (Å²) in [5, 5.41) is 0. The second-order valence-corrected chi connectivity index (χ2v) is 9.46. The summed E-state index contributed by atoms with van der Waals surface area (Å²) in [5.41, 5.74) is 0. The maximum Gasteiger partial charge on any atom is 0.158 e. The van der Waals surface area contributed by atoms with Gasteiger partial charge in [-0.25, -0.2) is 0 Å². The van der Waals surface area contributed by atoms with Crippen LogP contribution in [0.2, 0.25) is 0 Å². The van der Waals surface area contributed by atoms with E-state index in [0.29, 0.717) is 11.8 Å². The van der Waals surface area contributed by atoms with Crippen molar-refractivity contribution in [2.75, 3.05) is 13.2 Å². The fourth-order valence-electron chi connectivity index (χ4n) is 7.27. The minimum Gasteiger partial charge on any atom is -0.353 e. The lowest BCUT2D eigenvalue weighted by Gasteiger charge is -2.44. The van der Waals surface area contributed by atoms with E-state index in [2.05, 4.69) is 12.2 Å². The Morgan fingerprint density at radius 2 is 1.19 bits per heavy atom. The Kier molecular flexibility index (Phi) is 4.18. The summed E-state index contributed by atoms with van der Waals surface area (Å²) in [6.07, 6.45) is 14.9. The van der Waals surface area contributed by atoms with E-state index in [0.717, 1.165) is 49.7 Å². The Hall–Kier alpha value is -0.420. The molecule has 6 rings (SSSR count). The van der Waals surface area contributed by atoms with Gasteiger partial charge in [-0.2, -0.15) is 0 Å². The zero-order chi connectivity index (χ0) is 17.1. The third-order valence-electron chi connectivity index (χ3n) is 8.18. The van der Waals surface area contributed by atoms with Crippen LogP contribution >= 0.6 is 0 Å². The standard InChI is InChI=1S/C22H32O4/c1-3-9-23-17(5-1)25-21-15-12-16(20-14-8-7-13(11-14)19(15)20)22(21)26-18-6-2-4-10-24-18/h7-8,13-22H,1-6,9-12H2. The molecule has 0 N–H and O–H groups in total. The van der Waals surface area contributed by atoms with Crippen molar-refractivity contribution in [1.82, 2.24) is 0 Å². The molecule has 2 aliphatic heterocycles. The lowest BCUT2D eigenvalue weighted by molar-refractivity contribution is -0.265. The summed E-state index contributed by atoms with van der Waals surface area (Å²) < 4.78 is 25.1. The molecule has 6 aliphatic rings.